The number of amides is 1. The summed E-state index contributed by atoms with van der Waals surface area (Å²) in [5, 5.41) is 0. The molecule has 2 heterocycles. The number of rotatable bonds is 2. The van der Waals surface area contributed by atoms with Gasteiger partial charge in [0.2, 0.25) is 0 Å². The molecule has 0 spiro atoms. The first kappa shape index (κ1) is 12.9. The normalized spacial score (nSPS) is 20.2. The van der Waals surface area contributed by atoms with Gasteiger partial charge in [-0.25, -0.2) is 9.78 Å². The van der Waals surface area contributed by atoms with E-state index < -0.39 is 5.60 Å². The lowest BCUT2D eigenvalue weighted by atomic mass is 10.2. The van der Waals surface area contributed by atoms with Crippen LogP contribution in [0.2, 0.25) is 0 Å². The van der Waals surface area contributed by atoms with Crippen molar-refractivity contribution in [1.82, 2.24) is 14.5 Å². The molecule has 0 aromatic carbocycles. The fourth-order valence-electron chi connectivity index (χ4n) is 2.22. The van der Waals surface area contributed by atoms with Gasteiger partial charge in [0.05, 0.1) is 12.4 Å². The van der Waals surface area contributed by atoms with Crippen molar-refractivity contribution in [2.45, 2.75) is 51.8 Å². The quantitative estimate of drug-likeness (QED) is 0.810. The zero-order chi connectivity index (χ0) is 13.2. The molecule has 1 atom stereocenters. The SMILES string of the molecule is CC(C)(C)OC(=O)N1CCCC1Cn1ccnc1. The van der Waals surface area contributed by atoms with E-state index in [-0.39, 0.29) is 12.1 Å². The Hall–Kier alpha value is -1.52. The Labute approximate surface area is 108 Å². The molecule has 0 radical (unpaired) electrons. The standard InChI is InChI=1S/C13H21N3O2/c1-13(2,3)18-12(17)16-7-4-5-11(16)9-15-8-6-14-10-15/h6,8,10-11H,4-5,7,9H2,1-3H3. The van der Waals surface area contributed by atoms with Gasteiger partial charge in [0, 0.05) is 25.5 Å². The fourth-order valence-corrected chi connectivity index (χ4v) is 2.22. The molecule has 1 saturated heterocycles. The number of nitrogens with zero attached hydrogens (tertiary/aromatic N) is 3. The number of likely N-dealkylation sites (tertiary alicyclic amines) is 1. The van der Waals surface area contributed by atoms with E-state index in [1.807, 2.05) is 36.4 Å². The summed E-state index contributed by atoms with van der Waals surface area (Å²) < 4.78 is 7.44. The third kappa shape index (κ3) is 3.24. The first-order valence-electron chi connectivity index (χ1n) is 6.41. The van der Waals surface area contributed by atoms with Crippen LogP contribution in [0.3, 0.4) is 0 Å². The molecular weight excluding hydrogens is 230 g/mol. The Morgan fingerprint density at radius 1 is 1.50 bits per heavy atom. The lowest BCUT2D eigenvalue weighted by molar-refractivity contribution is 0.0214. The summed E-state index contributed by atoms with van der Waals surface area (Å²) in [5.74, 6) is 0. The summed E-state index contributed by atoms with van der Waals surface area (Å²) in [6.45, 7) is 7.26. The number of hydrogen-bond acceptors (Lipinski definition) is 3. The molecule has 5 nitrogen and oxygen atoms in total. The van der Waals surface area contributed by atoms with Crippen LogP contribution in [0.1, 0.15) is 33.6 Å². The highest BCUT2D eigenvalue weighted by atomic mass is 16.6. The van der Waals surface area contributed by atoms with Crippen LogP contribution in [0.15, 0.2) is 18.7 Å². The van der Waals surface area contributed by atoms with Crippen molar-refractivity contribution >= 4 is 6.09 Å². The van der Waals surface area contributed by atoms with Crippen LogP contribution in [-0.2, 0) is 11.3 Å². The second kappa shape index (κ2) is 5.00. The Morgan fingerprint density at radius 3 is 2.89 bits per heavy atom. The summed E-state index contributed by atoms with van der Waals surface area (Å²) in [6.07, 6.45) is 7.32. The first-order chi connectivity index (χ1) is 8.46. The zero-order valence-corrected chi connectivity index (χ0v) is 11.3. The van der Waals surface area contributed by atoms with Crippen LogP contribution in [0, 0.1) is 0 Å². The Morgan fingerprint density at radius 2 is 2.28 bits per heavy atom. The van der Waals surface area contributed by atoms with Gasteiger partial charge in [-0.2, -0.15) is 0 Å². The van der Waals surface area contributed by atoms with E-state index in [9.17, 15) is 4.79 Å². The van der Waals surface area contributed by atoms with Crippen LogP contribution in [0.25, 0.3) is 0 Å². The van der Waals surface area contributed by atoms with Crippen LogP contribution in [0.4, 0.5) is 4.79 Å². The topological polar surface area (TPSA) is 47.4 Å². The van der Waals surface area contributed by atoms with Crippen molar-refractivity contribution < 1.29 is 9.53 Å². The molecule has 1 aromatic heterocycles. The van der Waals surface area contributed by atoms with Gasteiger partial charge in [0.15, 0.2) is 0 Å². The molecule has 1 aliphatic rings. The van der Waals surface area contributed by atoms with E-state index in [2.05, 4.69) is 4.98 Å². The molecule has 1 unspecified atom stereocenters. The Balaban J connectivity index is 1.97. The lowest BCUT2D eigenvalue weighted by Crippen LogP contribution is -2.41. The minimum Gasteiger partial charge on any atom is -0.444 e. The third-order valence-electron chi connectivity index (χ3n) is 2.99. The van der Waals surface area contributed by atoms with E-state index >= 15 is 0 Å². The van der Waals surface area contributed by atoms with Gasteiger partial charge in [0.25, 0.3) is 0 Å². The molecule has 0 saturated carbocycles. The van der Waals surface area contributed by atoms with Crippen LogP contribution in [0.5, 0.6) is 0 Å². The van der Waals surface area contributed by atoms with E-state index in [1.165, 1.54) is 0 Å². The average molecular weight is 251 g/mol. The second-order valence-corrected chi connectivity index (χ2v) is 5.73. The number of hydrogen-bond donors (Lipinski definition) is 0. The average Bonchev–Trinajstić information content (AvgIpc) is 2.86. The minimum absolute atomic E-state index is 0.204. The summed E-state index contributed by atoms with van der Waals surface area (Å²) >= 11 is 0. The molecule has 1 aliphatic heterocycles. The molecule has 1 amide bonds. The number of ether oxygens (including phenoxy) is 1. The largest absolute Gasteiger partial charge is 0.444 e. The van der Waals surface area contributed by atoms with Gasteiger partial charge in [-0.05, 0) is 33.6 Å². The van der Waals surface area contributed by atoms with Crippen LogP contribution >= 0.6 is 0 Å². The molecule has 0 aliphatic carbocycles. The van der Waals surface area contributed by atoms with E-state index in [0.717, 1.165) is 25.9 Å². The van der Waals surface area contributed by atoms with E-state index in [4.69, 9.17) is 4.74 Å². The Kier molecular flexibility index (Phi) is 3.59. The van der Waals surface area contributed by atoms with Gasteiger partial charge >= 0.3 is 6.09 Å². The maximum Gasteiger partial charge on any atom is 0.410 e. The van der Waals surface area contributed by atoms with E-state index in [0.29, 0.717) is 0 Å². The predicted octanol–water partition coefficient (Wildman–Crippen LogP) is 2.28. The van der Waals surface area contributed by atoms with Crippen molar-refractivity contribution in [3.63, 3.8) is 0 Å². The highest BCUT2D eigenvalue weighted by Gasteiger charge is 2.32. The van der Waals surface area contributed by atoms with Gasteiger partial charge in [-0.15, -0.1) is 0 Å². The molecule has 1 fully saturated rings. The number of carbonyl (C=O) groups excluding carboxylic acids is 1. The predicted molar refractivity (Wildman–Crippen MR) is 68.2 cm³/mol. The molecular formula is C13H21N3O2. The number of imidazole rings is 1. The molecule has 0 bridgehead atoms. The molecule has 1 aromatic rings. The van der Waals surface area contributed by atoms with E-state index in [1.54, 1.807) is 12.5 Å². The van der Waals surface area contributed by atoms with Crippen molar-refractivity contribution in [3.8, 4) is 0 Å². The highest BCUT2D eigenvalue weighted by molar-refractivity contribution is 5.68. The maximum absolute atomic E-state index is 12.1. The molecule has 18 heavy (non-hydrogen) atoms. The van der Waals surface area contributed by atoms with Crippen molar-refractivity contribution in [3.05, 3.63) is 18.7 Å². The van der Waals surface area contributed by atoms with Crippen molar-refractivity contribution in [2.24, 2.45) is 0 Å². The van der Waals surface area contributed by atoms with Gasteiger partial charge in [0.1, 0.15) is 5.60 Å². The number of aromatic nitrogens is 2. The summed E-state index contributed by atoms with van der Waals surface area (Å²) in [5.41, 5.74) is -0.431. The first-order valence-corrected chi connectivity index (χ1v) is 6.41. The van der Waals surface area contributed by atoms with Crippen LogP contribution in [-0.4, -0.2) is 38.7 Å². The number of carbonyl (C=O) groups is 1. The molecule has 100 valence electrons. The van der Waals surface area contributed by atoms with Gasteiger partial charge in [-0.3, -0.25) is 0 Å². The fraction of sp³-hybridized carbons (Fsp3) is 0.692. The van der Waals surface area contributed by atoms with Gasteiger partial charge in [-0.1, -0.05) is 0 Å². The monoisotopic (exact) mass is 251 g/mol. The highest BCUT2D eigenvalue weighted by Crippen LogP contribution is 2.21. The summed E-state index contributed by atoms with van der Waals surface area (Å²) in [4.78, 5) is 17.9. The Bertz CT molecular complexity index is 395. The third-order valence-corrected chi connectivity index (χ3v) is 2.99. The molecule has 0 N–H and O–H groups in total. The molecule has 5 heteroatoms. The maximum atomic E-state index is 12.1. The lowest BCUT2D eigenvalue weighted by Gasteiger charge is -2.28. The van der Waals surface area contributed by atoms with Gasteiger partial charge < -0.3 is 14.2 Å². The minimum atomic E-state index is -0.431. The van der Waals surface area contributed by atoms with Crippen molar-refractivity contribution in [2.75, 3.05) is 6.54 Å². The summed E-state index contributed by atoms with van der Waals surface area (Å²) in [6, 6.07) is 0.217. The smallest absolute Gasteiger partial charge is 0.410 e. The second-order valence-electron chi connectivity index (χ2n) is 5.73. The summed E-state index contributed by atoms with van der Waals surface area (Å²) in [7, 11) is 0. The zero-order valence-electron chi connectivity index (χ0n) is 11.3. The van der Waals surface area contributed by atoms with Crippen LogP contribution < -0.4 is 0 Å². The molecule has 2 rings (SSSR count). The van der Waals surface area contributed by atoms with Crippen molar-refractivity contribution in [1.29, 1.82) is 0 Å².